The molecule has 0 aromatic heterocycles. The minimum absolute atomic E-state index is 0.0336. The number of aryl methyl sites for hydroxylation is 1. The highest BCUT2D eigenvalue weighted by atomic mass is 35.5. The first-order valence-corrected chi connectivity index (χ1v) is 8.64. The molecule has 1 atom stereocenters. The van der Waals surface area contributed by atoms with Crippen molar-refractivity contribution in [2.24, 2.45) is 5.92 Å². The lowest BCUT2D eigenvalue weighted by Gasteiger charge is -2.22. The lowest BCUT2D eigenvalue weighted by Crippen LogP contribution is -2.49. The summed E-state index contributed by atoms with van der Waals surface area (Å²) in [6.07, 6.45) is 0. The molecule has 0 aliphatic heterocycles. The van der Waals surface area contributed by atoms with E-state index < -0.39 is 6.04 Å². The molecular weight excluding hydrogens is 336 g/mol. The fraction of sp³-hybridized carbons (Fsp3) is 0.300. The number of benzene rings is 2. The maximum absolute atomic E-state index is 12.5. The molecule has 4 nitrogen and oxygen atoms in total. The molecule has 0 saturated carbocycles. The van der Waals surface area contributed by atoms with Gasteiger partial charge in [0.05, 0.1) is 0 Å². The van der Waals surface area contributed by atoms with Crippen molar-refractivity contribution in [3.63, 3.8) is 0 Å². The maximum atomic E-state index is 12.5. The summed E-state index contributed by atoms with van der Waals surface area (Å²) >= 11 is 5.95. The van der Waals surface area contributed by atoms with Crippen LogP contribution >= 0.6 is 11.6 Å². The van der Waals surface area contributed by atoms with Crippen LogP contribution in [-0.2, 0) is 11.3 Å². The van der Waals surface area contributed by atoms with Crippen molar-refractivity contribution in [1.29, 1.82) is 0 Å². The standard InChI is InChI=1S/C20H23ClN2O2/c1-13(2)18(23-19(24)16-9-7-14(3)8-10-16)20(25)22-12-15-5-4-6-17(21)11-15/h4-11,13,18H,12H2,1-3H3,(H,22,25)(H,23,24). The molecule has 0 fully saturated rings. The zero-order valence-corrected chi connectivity index (χ0v) is 15.4. The van der Waals surface area contributed by atoms with Crippen molar-refractivity contribution in [1.82, 2.24) is 10.6 Å². The normalized spacial score (nSPS) is 11.9. The van der Waals surface area contributed by atoms with Crippen molar-refractivity contribution in [3.8, 4) is 0 Å². The van der Waals surface area contributed by atoms with E-state index in [1.807, 2.05) is 45.0 Å². The quantitative estimate of drug-likeness (QED) is 0.826. The van der Waals surface area contributed by atoms with Crippen LogP contribution in [0.15, 0.2) is 48.5 Å². The largest absolute Gasteiger partial charge is 0.350 e. The molecule has 132 valence electrons. The van der Waals surface area contributed by atoms with Crippen LogP contribution in [0.5, 0.6) is 0 Å². The summed E-state index contributed by atoms with van der Waals surface area (Å²) in [6.45, 7) is 6.13. The van der Waals surface area contributed by atoms with E-state index >= 15 is 0 Å². The summed E-state index contributed by atoms with van der Waals surface area (Å²) in [5.41, 5.74) is 2.53. The number of halogens is 1. The second-order valence-corrected chi connectivity index (χ2v) is 6.85. The average Bonchev–Trinajstić information content (AvgIpc) is 2.57. The third-order valence-corrected chi connectivity index (χ3v) is 4.14. The molecule has 5 heteroatoms. The van der Waals surface area contributed by atoms with E-state index in [2.05, 4.69) is 10.6 Å². The van der Waals surface area contributed by atoms with E-state index in [1.165, 1.54) is 0 Å². The number of hydrogen-bond donors (Lipinski definition) is 2. The Hall–Kier alpha value is -2.33. The molecule has 0 radical (unpaired) electrons. The summed E-state index contributed by atoms with van der Waals surface area (Å²) in [4.78, 5) is 24.9. The van der Waals surface area contributed by atoms with Crippen molar-refractivity contribution in [3.05, 3.63) is 70.2 Å². The van der Waals surface area contributed by atoms with E-state index in [0.717, 1.165) is 11.1 Å². The molecule has 0 aliphatic carbocycles. The van der Waals surface area contributed by atoms with Gasteiger partial charge in [0, 0.05) is 17.1 Å². The van der Waals surface area contributed by atoms with Crippen LogP contribution in [0.4, 0.5) is 0 Å². The van der Waals surface area contributed by atoms with Gasteiger partial charge in [-0.25, -0.2) is 0 Å². The molecule has 2 aromatic rings. The maximum Gasteiger partial charge on any atom is 0.251 e. The van der Waals surface area contributed by atoms with E-state index in [0.29, 0.717) is 17.1 Å². The number of hydrogen-bond acceptors (Lipinski definition) is 2. The molecule has 2 N–H and O–H groups in total. The zero-order valence-electron chi connectivity index (χ0n) is 14.7. The first-order valence-electron chi connectivity index (χ1n) is 8.26. The van der Waals surface area contributed by atoms with Crippen molar-refractivity contribution in [2.75, 3.05) is 0 Å². The van der Waals surface area contributed by atoms with Gasteiger partial charge in [-0.2, -0.15) is 0 Å². The Morgan fingerprint density at radius 1 is 1.08 bits per heavy atom. The molecule has 2 amide bonds. The van der Waals surface area contributed by atoms with Gasteiger partial charge in [-0.3, -0.25) is 9.59 Å². The van der Waals surface area contributed by atoms with Gasteiger partial charge in [0.15, 0.2) is 0 Å². The van der Waals surface area contributed by atoms with Gasteiger partial charge in [0.1, 0.15) is 6.04 Å². The highest BCUT2D eigenvalue weighted by Gasteiger charge is 2.24. The summed E-state index contributed by atoms with van der Waals surface area (Å²) in [6, 6.07) is 14.0. The molecule has 2 aromatic carbocycles. The van der Waals surface area contributed by atoms with Crippen molar-refractivity contribution < 1.29 is 9.59 Å². The van der Waals surface area contributed by atoms with Gasteiger partial charge >= 0.3 is 0 Å². The first-order chi connectivity index (χ1) is 11.9. The Balaban J connectivity index is 2.00. The predicted molar refractivity (Wildman–Crippen MR) is 101 cm³/mol. The number of carbonyl (C=O) groups is 2. The van der Waals surface area contributed by atoms with Crippen molar-refractivity contribution >= 4 is 23.4 Å². The third kappa shape index (κ3) is 5.61. The fourth-order valence-electron chi connectivity index (χ4n) is 2.41. The molecule has 0 heterocycles. The number of carbonyl (C=O) groups excluding carboxylic acids is 2. The molecule has 0 saturated heterocycles. The lowest BCUT2D eigenvalue weighted by molar-refractivity contribution is -0.124. The van der Waals surface area contributed by atoms with Gasteiger partial charge in [-0.05, 0) is 42.7 Å². The van der Waals surface area contributed by atoms with E-state index in [9.17, 15) is 9.59 Å². The third-order valence-electron chi connectivity index (χ3n) is 3.91. The van der Waals surface area contributed by atoms with Crippen LogP contribution in [0.1, 0.15) is 35.3 Å². The minimum Gasteiger partial charge on any atom is -0.350 e. The van der Waals surface area contributed by atoms with Crippen LogP contribution in [0.25, 0.3) is 0 Å². The SMILES string of the molecule is Cc1ccc(C(=O)NC(C(=O)NCc2cccc(Cl)c2)C(C)C)cc1. The molecule has 0 spiro atoms. The van der Waals surface area contributed by atoms with E-state index in [-0.39, 0.29) is 17.7 Å². The summed E-state index contributed by atoms with van der Waals surface area (Å²) < 4.78 is 0. The van der Waals surface area contributed by atoms with Crippen molar-refractivity contribution in [2.45, 2.75) is 33.4 Å². The molecular formula is C20H23ClN2O2. The summed E-state index contributed by atoms with van der Waals surface area (Å²) in [5, 5.41) is 6.31. The Kier molecular flexibility index (Phi) is 6.59. The number of rotatable bonds is 6. The predicted octanol–water partition coefficient (Wildman–Crippen LogP) is 3.72. The molecule has 25 heavy (non-hydrogen) atoms. The monoisotopic (exact) mass is 358 g/mol. The number of nitrogens with one attached hydrogen (secondary N) is 2. The second kappa shape index (κ2) is 8.67. The van der Waals surface area contributed by atoms with Crippen LogP contribution < -0.4 is 10.6 Å². The molecule has 2 rings (SSSR count). The van der Waals surface area contributed by atoms with Crippen LogP contribution in [0, 0.1) is 12.8 Å². The molecule has 1 unspecified atom stereocenters. The summed E-state index contributed by atoms with van der Waals surface area (Å²) in [5.74, 6) is -0.499. The average molecular weight is 359 g/mol. The van der Waals surface area contributed by atoms with E-state index in [1.54, 1.807) is 24.3 Å². The first kappa shape index (κ1) is 19.0. The minimum atomic E-state index is -0.604. The number of amides is 2. The highest BCUT2D eigenvalue weighted by molar-refractivity contribution is 6.30. The van der Waals surface area contributed by atoms with Gasteiger partial charge in [-0.15, -0.1) is 0 Å². The molecule has 0 aliphatic rings. The Labute approximate surface area is 153 Å². The van der Waals surface area contributed by atoms with Gasteiger partial charge in [0.25, 0.3) is 5.91 Å². The van der Waals surface area contributed by atoms with Gasteiger partial charge in [0.2, 0.25) is 5.91 Å². The highest BCUT2D eigenvalue weighted by Crippen LogP contribution is 2.11. The topological polar surface area (TPSA) is 58.2 Å². The Morgan fingerprint density at radius 3 is 2.36 bits per heavy atom. The summed E-state index contributed by atoms with van der Waals surface area (Å²) in [7, 11) is 0. The Bertz CT molecular complexity index is 742. The van der Waals surface area contributed by atoms with E-state index in [4.69, 9.17) is 11.6 Å². The Morgan fingerprint density at radius 2 is 1.76 bits per heavy atom. The van der Waals surface area contributed by atoms with Gasteiger partial charge in [-0.1, -0.05) is 55.3 Å². The second-order valence-electron chi connectivity index (χ2n) is 6.41. The van der Waals surface area contributed by atoms with Crippen LogP contribution in [0.2, 0.25) is 5.02 Å². The zero-order chi connectivity index (χ0) is 18.4. The fourth-order valence-corrected chi connectivity index (χ4v) is 2.62. The molecule has 0 bridgehead atoms. The van der Waals surface area contributed by atoms with Crippen LogP contribution in [0.3, 0.4) is 0 Å². The van der Waals surface area contributed by atoms with Crippen LogP contribution in [-0.4, -0.2) is 17.9 Å². The smallest absolute Gasteiger partial charge is 0.251 e. The van der Waals surface area contributed by atoms with Gasteiger partial charge < -0.3 is 10.6 Å². The lowest BCUT2D eigenvalue weighted by atomic mass is 10.0.